The maximum atomic E-state index is 3.91. The lowest BCUT2D eigenvalue weighted by molar-refractivity contribution is 0.287. The van der Waals surface area contributed by atoms with Gasteiger partial charge in [-0.05, 0) is 18.3 Å². The average Bonchev–Trinajstić information content (AvgIpc) is 2.15. The summed E-state index contributed by atoms with van der Waals surface area (Å²) in [6.07, 6.45) is 12.2. The Morgan fingerprint density at radius 2 is 1.43 bits per heavy atom. The van der Waals surface area contributed by atoms with Crippen LogP contribution in [0.25, 0.3) is 0 Å². The molecule has 0 aromatic carbocycles. The first-order valence-electron chi connectivity index (χ1n) is 6.41. The molecule has 0 aliphatic carbocycles. The molecule has 0 rings (SSSR count). The Hall–Kier alpha value is 0. The SMILES string of the molecule is [CH2]CCCC(C)(C)CCCCCCC. The van der Waals surface area contributed by atoms with Gasteiger partial charge in [0.15, 0.2) is 0 Å². The first-order valence-corrected chi connectivity index (χ1v) is 6.41. The average molecular weight is 197 g/mol. The van der Waals surface area contributed by atoms with E-state index in [4.69, 9.17) is 0 Å². The van der Waals surface area contributed by atoms with E-state index in [1.54, 1.807) is 0 Å². The van der Waals surface area contributed by atoms with E-state index in [9.17, 15) is 0 Å². The molecule has 0 aliphatic rings. The molecule has 0 aliphatic heterocycles. The first kappa shape index (κ1) is 14.0. The lowest BCUT2D eigenvalue weighted by Crippen LogP contribution is -2.10. The van der Waals surface area contributed by atoms with Crippen molar-refractivity contribution >= 4 is 0 Å². The van der Waals surface area contributed by atoms with Crippen molar-refractivity contribution in [1.82, 2.24) is 0 Å². The molecule has 0 saturated carbocycles. The molecule has 0 spiro atoms. The van der Waals surface area contributed by atoms with Gasteiger partial charge < -0.3 is 0 Å². The minimum absolute atomic E-state index is 0.559. The van der Waals surface area contributed by atoms with Crippen LogP contribution >= 0.6 is 0 Å². The first-order chi connectivity index (χ1) is 6.62. The maximum absolute atomic E-state index is 3.91. The Morgan fingerprint density at radius 1 is 0.857 bits per heavy atom. The highest BCUT2D eigenvalue weighted by atomic mass is 14.2. The highest BCUT2D eigenvalue weighted by Crippen LogP contribution is 2.29. The van der Waals surface area contributed by atoms with Crippen LogP contribution in [0.3, 0.4) is 0 Å². The van der Waals surface area contributed by atoms with E-state index in [1.165, 1.54) is 51.4 Å². The fourth-order valence-electron chi connectivity index (χ4n) is 1.94. The number of hydrogen-bond acceptors (Lipinski definition) is 0. The molecule has 0 heteroatoms. The Labute approximate surface area is 91.5 Å². The third kappa shape index (κ3) is 8.59. The van der Waals surface area contributed by atoms with Gasteiger partial charge in [0, 0.05) is 0 Å². The van der Waals surface area contributed by atoms with Crippen molar-refractivity contribution in [1.29, 1.82) is 0 Å². The lowest BCUT2D eigenvalue weighted by Gasteiger charge is -2.24. The van der Waals surface area contributed by atoms with E-state index >= 15 is 0 Å². The Bertz CT molecular complexity index is 113. The molecule has 0 unspecified atom stereocenters. The highest BCUT2D eigenvalue weighted by Gasteiger charge is 2.15. The van der Waals surface area contributed by atoms with Gasteiger partial charge in [-0.2, -0.15) is 0 Å². The molecule has 0 nitrogen and oxygen atoms in total. The second kappa shape index (κ2) is 8.32. The Kier molecular flexibility index (Phi) is 8.32. The van der Waals surface area contributed by atoms with Crippen LogP contribution in [0.2, 0.25) is 0 Å². The van der Waals surface area contributed by atoms with Crippen molar-refractivity contribution < 1.29 is 0 Å². The van der Waals surface area contributed by atoms with Gasteiger partial charge in [-0.1, -0.05) is 72.6 Å². The van der Waals surface area contributed by atoms with Gasteiger partial charge in [0.05, 0.1) is 0 Å². The van der Waals surface area contributed by atoms with Crippen molar-refractivity contribution in [3.05, 3.63) is 6.92 Å². The van der Waals surface area contributed by atoms with Gasteiger partial charge >= 0.3 is 0 Å². The highest BCUT2D eigenvalue weighted by molar-refractivity contribution is 4.68. The van der Waals surface area contributed by atoms with Gasteiger partial charge in [0.25, 0.3) is 0 Å². The predicted octanol–water partition coefficient (Wildman–Crippen LogP) is 5.38. The van der Waals surface area contributed by atoms with E-state index in [1.807, 2.05) is 0 Å². The van der Waals surface area contributed by atoms with Crippen molar-refractivity contribution in [3.63, 3.8) is 0 Å². The summed E-state index contributed by atoms with van der Waals surface area (Å²) in [7, 11) is 0. The summed E-state index contributed by atoms with van der Waals surface area (Å²) >= 11 is 0. The molecule has 0 fully saturated rings. The summed E-state index contributed by atoms with van der Waals surface area (Å²) < 4.78 is 0. The van der Waals surface area contributed by atoms with Crippen LogP contribution in [-0.4, -0.2) is 0 Å². The molecule has 1 radical (unpaired) electrons. The van der Waals surface area contributed by atoms with Crippen LogP contribution in [0.15, 0.2) is 0 Å². The summed E-state index contributed by atoms with van der Waals surface area (Å²) in [4.78, 5) is 0. The van der Waals surface area contributed by atoms with Gasteiger partial charge in [0.2, 0.25) is 0 Å². The smallest absolute Gasteiger partial charge is 0.0354 e. The molecule has 0 N–H and O–H groups in total. The van der Waals surface area contributed by atoms with Crippen LogP contribution in [0.4, 0.5) is 0 Å². The summed E-state index contributed by atoms with van der Waals surface area (Å²) in [6, 6.07) is 0. The van der Waals surface area contributed by atoms with Gasteiger partial charge in [-0.3, -0.25) is 0 Å². The van der Waals surface area contributed by atoms with E-state index in [2.05, 4.69) is 27.7 Å². The quantitative estimate of drug-likeness (QED) is 0.435. The lowest BCUT2D eigenvalue weighted by atomic mass is 9.82. The van der Waals surface area contributed by atoms with E-state index in [0.717, 1.165) is 6.42 Å². The van der Waals surface area contributed by atoms with Gasteiger partial charge in [-0.15, -0.1) is 0 Å². The maximum Gasteiger partial charge on any atom is -0.0354 e. The number of rotatable bonds is 9. The summed E-state index contributed by atoms with van der Waals surface area (Å²) in [5.74, 6) is 0. The van der Waals surface area contributed by atoms with Crippen molar-refractivity contribution in [3.8, 4) is 0 Å². The van der Waals surface area contributed by atoms with E-state index < -0.39 is 0 Å². The number of unbranched alkanes of at least 4 members (excludes halogenated alkanes) is 5. The molecule has 0 aromatic heterocycles. The van der Waals surface area contributed by atoms with Crippen molar-refractivity contribution in [2.45, 2.75) is 78.6 Å². The molecular formula is C14H29. The third-order valence-electron chi connectivity index (χ3n) is 3.06. The minimum Gasteiger partial charge on any atom is -0.0654 e. The zero-order valence-electron chi connectivity index (χ0n) is 10.6. The second-order valence-electron chi connectivity index (χ2n) is 5.29. The topological polar surface area (TPSA) is 0 Å². The van der Waals surface area contributed by atoms with Crippen molar-refractivity contribution in [2.75, 3.05) is 0 Å². The summed E-state index contributed by atoms with van der Waals surface area (Å²) in [6.45, 7) is 11.0. The second-order valence-corrected chi connectivity index (χ2v) is 5.29. The molecule has 85 valence electrons. The minimum atomic E-state index is 0.559. The van der Waals surface area contributed by atoms with Crippen LogP contribution in [0, 0.1) is 12.3 Å². The molecular weight excluding hydrogens is 168 g/mol. The number of hydrogen-bond donors (Lipinski definition) is 0. The van der Waals surface area contributed by atoms with Crippen LogP contribution in [0.5, 0.6) is 0 Å². The zero-order valence-corrected chi connectivity index (χ0v) is 10.6. The fourth-order valence-corrected chi connectivity index (χ4v) is 1.94. The summed E-state index contributed by atoms with van der Waals surface area (Å²) in [5.41, 5.74) is 0.559. The molecule has 0 atom stereocenters. The molecule has 0 saturated heterocycles. The Morgan fingerprint density at radius 3 is 2.00 bits per heavy atom. The third-order valence-corrected chi connectivity index (χ3v) is 3.06. The zero-order chi connectivity index (χ0) is 10.9. The summed E-state index contributed by atoms with van der Waals surface area (Å²) in [5, 5.41) is 0. The monoisotopic (exact) mass is 197 g/mol. The fraction of sp³-hybridized carbons (Fsp3) is 0.929. The Balaban J connectivity index is 3.35. The predicted molar refractivity (Wildman–Crippen MR) is 66.4 cm³/mol. The molecule has 0 heterocycles. The largest absolute Gasteiger partial charge is 0.0654 e. The molecule has 0 aromatic rings. The molecule has 14 heavy (non-hydrogen) atoms. The van der Waals surface area contributed by atoms with Crippen molar-refractivity contribution in [2.24, 2.45) is 5.41 Å². The van der Waals surface area contributed by atoms with E-state index in [-0.39, 0.29) is 0 Å². The van der Waals surface area contributed by atoms with E-state index in [0.29, 0.717) is 5.41 Å². The standard InChI is InChI=1S/C14H29/c1-5-7-9-10-11-13-14(3,4)12-8-6-2/h2,5-13H2,1,3-4H3. The van der Waals surface area contributed by atoms with Gasteiger partial charge in [0.1, 0.15) is 0 Å². The van der Waals surface area contributed by atoms with Crippen LogP contribution in [0.1, 0.15) is 78.6 Å². The van der Waals surface area contributed by atoms with Gasteiger partial charge in [-0.25, -0.2) is 0 Å². The normalized spacial score (nSPS) is 12.0. The molecule has 0 bridgehead atoms. The molecule has 0 amide bonds. The van der Waals surface area contributed by atoms with Crippen LogP contribution < -0.4 is 0 Å². The van der Waals surface area contributed by atoms with Crippen LogP contribution in [-0.2, 0) is 0 Å².